The first-order chi connectivity index (χ1) is 9.20. The van der Waals surface area contributed by atoms with Crippen molar-refractivity contribution in [2.24, 2.45) is 0 Å². The molecule has 3 aromatic rings. The molecular weight excluding hydrogens is 276 g/mol. The van der Waals surface area contributed by atoms with Gasteiger partial charge < -0.3 is 0 Å². The van der Waals surface area contributed by atoms with Gasteiger partial charge in [0.25, 0.3) is 0 Å². The monoisotopic (exact) mass is 288 g/mol. The van der Waals surface area contributed by atoms with Crippen molar-refractivity contribution in [2.45, 2.75) is 20.3 Å². The summed E-state index contributed by atoms with van der Waals surface area (Å²) in [6.45, 7) is 4.26. The maximum Gasteiger partial charge on any atom is 0.141 e. The molecule has 0 saturated heterocycles. The number of thiophene rings is 1. The van der Waals surface area contributed by atoms with Crippen molar-refractivity contribution in [3.63, 3.8) is 0 Å². The maximum atomic E-state index is 6.24. The Morgan fingerprint density at radius 2 is 1.89 bits per heavy atom. The number of halogens is 1. The molecule has 0 amide bonds. The lowest BCUT2D eigenvalue weighted by atomic mass is 10.0. The molecule has 0 radical (unpaired) electrons. The summed E-state index contributed by atoms with van der Waals surface area (Å²) in [7, 11) is 0. The summed E-state index contributed by atoms with van der Waals surface area (Å²) in [5.41, 5.74) is 3.68. The Hall–Kier alpha value is -1.45. The fourth-order valence-corrected chi connectivity index (χ4v) is 3.56. The summed E-state index contributed by atoms with van der Waals surface area (Å²) < 4.78 is 0. The van der Waals surface area contributed by atoms with Gasteiger partial charge in [-0.25, -0.2) is 9.97 Å². The molecular formula is C15H13ClN2S. The fourth-order valence-electron chi connectivity index (χ4n) is 2.26. The summed E-state index contributed by atoms with van der Waals surface area (Å²) in [6.07, 6.45) is 2.57. The van der Waals surface area contributed by atoms with Crippen molar-refractivity contribution in [1.82, 2.24) is 9.97 Å². The molecule has 0 fully saturated rings. The molecule has 0 aliphatic carbocycles. The van der Waals surface area contributed by atoms with E-state index >= 15 is 0 Å². The van der Waals surface area contributed by atoms with E-state index in [1.807, 2.05) is 0 Å². The molecule has 0 aliphatic rings. The van der Waals surface area contributed by atoms with Crippen LogP contribution >= 0.6 is 22.9 Å². The van der Waals surface area contributed by atoms with Gasteiger partial charge in [0, 0.05) is 10.4 Å². The van der Waals surface area contributed by atoms with Crippen molar-refractivity contribution in [2.75, 3.05) is 0 Å². The molecule has 2 nitrogen and oxygen atoms in total. The molecule has 1 aromatic carbocycles. The van der Waals surface area contributed by atoms with Crippen molar-refractivity contribution in [3.05, 3.63) is 46.2 Å². The van der Waals surface area contributed by atoms with E-state index < -0.39 is 0 Å². The number of nitrogens with zero attached hydrogens (tertiary/aromatic N) is 2. The highest BCUT2D eigenvalue weighted by Gasteiger charge is 2.15. The molecule has 0 bridgehead atoms. The fraction of sp³-hybridized carbons (Fsp3) is 0.200. The predicted octanol–water partition coefficient (Wildman–Crippen LogP) is 4.88. The van der Waals surface area contributed by atoms with Gasteiger partial charge in [-0.05, 0) is 24.5 Å². The lowest BCUT2D eigenvalue weighted by Crippen LogP contribution is -1.84. The van der Waals surface area contributed by atoms with E-state index in [1.165, 1.54) is 22.3 Å². The van der Waals surface area contributed by atoms with Crippen LogP contribution in [-0.2, 0) is 6.42 Å². The highest BCUT2D eigenvalue weighted by atomic mass is 35.5. The van der Waals surface area contributed by atoms with E-state index in [0.29, 0.717) is 5.15 Å². The Morgan fingerprint density at radius 1 is 1.16 bits per heavy atom. The minimum absolute atomic E-state index is 0.531. The van der Waals surface area contributed by atoms with Crippen LogP contribution in [0.15, 0.2) is 30.6 Å². The standard InChI is InChI=1S/C15H13ClN2S/c1-3-10-4-6-11(7-5-10)12-9(2)19-15-13(12)14(16)17-8-18-15/h4-8H,3H2,1-2H3. The first-order valence-corrected chi connectivity index (χ1v) is 7.39. The molecule has 0 saturated carbocycles. The molecule has 0 atom stereocenters. The largest absolute Gasteiger partial charge is 0.225 e. The van der Waals surface area contributed by atoms with Crippen LogP contribution in [0, 0.1) is 6.92 Å². The first kappa shape index (κ1) is 12.6. The number of hydrogen-bond donors (Lipinski definition) is 0. The minimum Gasteiger partial charge on any atom is -0.225 e. The van der Waals surface area contributed by atoms with Crippen molar-refractivity contribution >= 4 is 33.2 Å². The smallest absolute Gasteiger partial charge is 0.141 e. The summed E-state index contributed by atoms with van der Waals surface area (Å²) in [6, 6.07) is 8.62. The van der Waals surface area contributed by atoms with Crippen LogP contribution in [0.5, 0.6) is 0 Å². The number of aromatic nitrogens is 2. The van der Waals surface area contributed by atoms with Gasteiger partial charge >= 0.3 is 0 Å². The topological polar surface area (TPSA) is 25.8 Å². The number of aryl methyl sites for hydroxylation is 2. The SMILES string of the molecule is CCc1ccc(-c2c(C)sc3ncnc(Cl)c23)cc1. The molecule has 2 heterocycles. The van der Waals surface area contributed by atoms with Crippen LogP contribution < -0.4 is 0 Å². The summed E-state index contributed by atoms with van der Waals surface area (Å²) >= 11 is 7.90. The normalized spacial score (nSPS) is 11.1. The van der Waals surface area contributed by atoms with Crippen LogP contribution in [-0.4, -0.2) is 9.97 Å². The molecule has 0 unspecified atom stereocenters. The van der Waals surface area contributed by atoms with Gasteiger partial charge in [0.1, 0.15) is 16.3 Å². The Kier molecular flexibility index (Phi) is 3.25. The molecule has 2 aromatic heterocycles. The second-order valence-electron chi connectivity index (χ2n) is 4.43. The lowest BCUT2D eigenvalue weighted by Gasteiger charge is -2.04. The molecule has 4 heteroatoms. The van der Waals surface area contributed by atoms with Gasteiger partial charge in [-0.3, -0.25) is 0 Å². The Morgan fingerprint density at radius 3 is 2.58 bits per heavy atom. The Balaban J connectivity index is 2.26. The van der Waals surface area contributed by atoms with E-state index in [1.54, 1.807) is 11.3 Å². The van der Waals surface area contributed by atoms with Crippen LogP contribution in [0.3, 0.4) is 0 Å². The Bertz CT molecular complexity index is 732. The van der Waals surface area contributed by atoms with E-state index in [9.17, 15) is 0 Å². The van der Waals surface area contributed by atoms with E-state index in [4.69, 9.17) is 11.6 Å². The third kappa shape index (κ3) is 2.13. The zero-order valence-electron chi connectivity index (χ0n) is 10.8. The van der Waals surface area contributed by atoms with Crippen LogP contribution in [0.4, 0.5) is 0 Å². The van der Waals surface area contributed by atoms with Gasteiger partial charge in [-0.1, -0.05) is 42.8 Å². The highest BCUT2D eigenvalue weighted by molar-refractivity contribution is 7.19. The highest BCUT2D eigenvalue weighted by Crippen LogP contribution is 2.39. The zero-order valence-corrected chi connectivity index (χ0v) is 12.3. The second-order valence-corrected chi connectivity index (χ2v) is 5.99. The van der Waals surface area contributed by atoms with Crippen molar-refractivity contribution in [1.29, 1.82) is 0 Å². The van der Waals surface area contributed by atoms with E-state index in [-0.39, 0.29) is 0 Å². The van der Waals surface area contributed by atoms with Crippen LogP contribution in [0.25, 0.3) is 21.3 Å². The molecule has 3 rings (SSSR count). The van der Waals surface area contributed by atoms with Crippen LogP contribution in [0.1, 0.15) is 17.4 Å². The third-order valence-electron chi connectivity index (χ3n) is 3.27. The summed E-state index contributed by atoms with van der Waals surface area (Å²) in [5, 5.41) is 1.50. The second kappa shape index (κ2) is 4.91. The minimum atomic E-state index is 0.531. The Labute approximate surface area is 121 Å². The summed E-state index contributed by atoms with van der Waals surface area (Å²) in [5.74, 6) is 0. The number of benzene rings is 1. The number of hydrogen-bond acceptors (Lipinski definition) is 3. The molecule has 0 aliphatic heterocycles. The van der Waals surface area contributed by atoms with Gasteiger partial charge in [0.15, 0.2) is 0 Å². The van der Waals surface area contributed by atoms with Crippen molar-refractivity contribution in [3.8, 4) is 11.1 Å². The van der Waals surface area contributed by atoms with Crippen molar-refractivity contribution < 1.29 is 0 Å². The van der Waals surface area contributed by atoms with Gasteiger partial charge in [-0.15, -0.1) is 11.3 Å². The average Bonchev–Trinajstić information content (AvgIpc) is 2.76. The van der Waals surface area contributed by atoms with E-state index in [0.717, 1.165) is 22.2 Å². The quantitative estimate of drug-likeness (QED) is 0.628. The predicted molar refractivity (Wildman–Crippen MR) is 82.0 cm³/mol. The molecule has 0 N–H and O–H groups in total. The van der Waals surface area contributed by atoms with E-state index in [2.05, 4.69) is 48.1 Å². The molecule has 96 valence electrons. The average molecular weight is 289 g/mol. The molecule has 19 heavy (non-hydrogen) atoms. The van der Waals surface area contributed by atoms with Gasteiger partial charge in [0.05, 0.1) is 5.39 Å². The summed E-state index contributed by atoms with van der Waals surface area (Å²) in [4.78, 5) is 10.6. The lowest BCUT2D eigenvalue weighted by molar-refractivity contribution is 1.14. The number of rotatable bonds is 2. The molecule has 0 spiro atoms. The van der Waals surface area contributed by atoms with Gasteiger partial charge in [-0.2, -0.15) is 0 Å². The third-order valence-corrected chi connectivity index (χ3v) is 4.57. The van der Waals surface area contributed by atoms with Crippen LogP contribution in [0.2, 0.25) is 5.15 Å². The first-order valence-electron chi connectivity index (χ1n) is 6.19. The zero-order chi connectivity index (χ0) is 13.4. The van der Waals surface area contributed by atoms with Gasteiger partial charge in [0.2, 0.25) is 0 Å². The number of fused-ring (bicyclic) bond motifs is 1. The maximum absolute atomic E-state index is 6.24.